The smallest absolute Gasteiger partial charge is 0.246 e. The number of hydrogen-bond donors (Lipinski definition) is 1. The van der Waals surface area contributed by atoms with Crippen molar-refractivity contribution in [2.75, 3.05) is 39.8 Å². The van der Waals surface area contributed by atoms with Gasteiger partial charge in [-0.3, -0.25) is 19.8 Å². The summed E-state index contributed by atoms with van der Waals surface area (Å²) in [6.45, 7) is 7.27. The van der Waals surface area contributed by atoms with Crippen LogP contribution in [0.5, 0.6) is 0 Å². The van der Waals surface area contributed by atoms with Gasteiger partial charge in [-0.2, -0.15) is 5.26 Å². The largest absolute Gasteiger partial charge is 0.348 e. The number of ether oxygens (including phenoxy) is 1. The molecule has 1 aromatic rings. The summed E-state index contributed by atoms with van der Waals surface area (Å²) in [4.78, 5) is 37.4. The number of hydrogen-bond acceptors (Lipinski definition) is 9. The Balaban J connectivity index is 1.25. The average molecular weight is 709 g/mol. The molecule has 1 N–H and O–H groups in total. The van der Waals surface area contributed by atoms with Crippen molar-refractivity contribution in [3.05, 3.63) is 47.0 Å². The Hall–Kier alpha value is -1.97. The topological polar surface area (TPSA) is 92.2 Å². The Morgan fingerprint density at radius 1 is 1.14 bits per heavy atom. The van der Waals surface area contributed by atoms with Gasteiger partial charge in [0.25, 0.3) is 0 Å². The van der Waals surface area contributed by atoms with Crippen molar-refractivity contribution < 1.29 is 14.3 Å². The first-order valence-electron chi connectivity index (χ1n) is 18.7. The van der Waals surface area contributed by atoms with Crippen LogP contribution in [0.4, 0.5) is 0 Å². The van der Waals surface area contributed by atoms with E-state index in [2.05, 4.69) is 45.8 Å². The van der Waals surface area contributed by atoms with Gasteiger partial charge in [0.2, 0.25) is 5.91 Å². The van der Waals surface area contributed by atoms with Gasteiger partial charge in [0.1, 0.15) is 0 Å². The lowest BCUT2D eigenvalue weighted by atomic mass is 9.70. The second-order valence-electron chi connectivity index (χ2n) is 15.3. The highest BCUT2D eigenvalue weighted by molar-refractivity contribution is 8.00. The molecule has 7 rings (SSSR count). The van der Waals surface area contributed by atoms with Crippen molar-refractivity contribution in [1.82, 2.24) is 24.9 Å². The molecule has 4 aliphatic heterocycles. The molecule has 4 heterocycles. The first kappa shape index (κ1) is 35.4. The summed E-state index contributed by atoms with van der Waals surface area (Å²) >= 11 is 8.57. The molecule has 0 bridgehead atoms. The number of likely N-dealkylation sites (tertiary alicyclic amines) is 1. The number of carbonyl (C=O) groups is 2. The molecule has 6 aliphatic rings. The van der Waals surface area contributed by atoms with Crippen LogP contribution in [-0.2, 0) is 26.5 Å². The van der Waals surface area contributed by atoms with Crippen LogP contribution >= 0.6 is 23.4 Å². The van der Waals surface area contributed by atoms with Gasteiger partial charge in [0.15, 0.2) is 12.1 Å². The average Bonchev–Trinajstić information content (AvgIpc) is 3.34. The number of thioether (sulfide) groups is 1. The molecule has 1 spiro atoms. The third-order valence-electron chi connectivity index (χ3n) is 12.5. The highest BCUT2D eigenvalue weighted by atomic mass is 35.5. The van der Waals surface area contributed by atoms with E-state index in [1.807, 2.05) is 17.0 Å². The minimum absolute atomic E-state index is 0.0337. The Morgan fingerprint density at radius 2 is 1.96 bits per heavy atom. The fourth-order valence-electron chi connectivity index (χ4n) is 9.85. The predicted octanol–water partition coefficient (Wildman–Crippen LogP) is 5.18. The number of benzene rings is 1. The highest BCUT2D eigenvalue weighted by Crippen LogP contribution is 2.51. The number of nitrogens with zero attached hydrogens (tertiary/aromatic N) is 5. The van der Waals surface area contributed by atoms with E-state index in [9.17, 15) is 10.1 Å². The molecule has 1 aromatic carbocycles. The molecule has 6 unspecified atom stereocenters. The van der Waals surface area contributed by atoms with Crippen LogP contribution in [0.1, 0.15) is 81.8 Å². The van der Waals surface area contributed by atoms with Crippen molar-refractivity contribution in [3.63, 3.8) is 0 Å². The van der Waals surface area contributed by atoms with Crippen LogP contribution < -0.4 is 5.32 Å². The third-order valence-corrected chi connectivity index (χ3v) is 14.5. The van der Waals surface area contributed by atoms with E-state index in [1.165, 1.54) is 43.7 Å². The fraction of sp³-hybridized carbons (Fsp3) is 0.711. The summed E-state index contributed by atoms with van der Waals surface area (Å²) in [7, 11) is 2.19. The van der Waals surface area contributed by atoms with E-state index in [-0.39, 0.29) is 42.3 Å². The van der Waals surface area contributed by atoms with Crippen molar-refractivity contribution in [2.45, 2.75) is 124 Å². The number of carbonyl (C=O) groups excluding carboxylic acids is 2. The quantitative estimate of drug-likeness (QED) is 0.304. The van der Waals surface area contributed by atoms with Crippen LogP contribution in [0.25, 0.3) is 0 Å². The van der Waals surface area contributed by atoms with E-state index in [1.54, 1.807) is 11.8 Å². The molecule has 2 aliphatic carbocycles. The standard InChI is InChI=1S/C38H53ClN6O3S/c1-3-33(46)44-21-20-43(23-28(44)16-18-40)36-30-15-17-38(22-31-26(25-49-38)10-8-14-32(31)39)35(47)34(30)41-37(48-24-29-13-9-19-42(29)2)45(36)27-11-6-4-5-7-12-27/h3,8,10,14,27-30,34,36-37,41H,1,4-7,9,11-13,15-17,19-25H2,2H3/t28?,29?,30?,34?,36?,37?,38-/m1/s1. The van der Waals surface area contributed by atoms with Crippen LogP contribution in [0.3, 0.4) is 0 Å². The summed E-state index contributed by atoms with van der Waals surface area (Å²) in [6, 6.07) is 8.59. The van der Waals surface area contributed by atoms with E-state index in [0.717, 1.165) is 55.0 Å². The summed E-state index contributed by atoms with van der Waals surface area (Å²) in [5, 5.41) is 14.5. The molecule has 1 amide bonds. The maximum atomic E-state index is 15.1. The maximum absolute atomic E-state index is 15.1. The summed E-state index contributed by atoms with van der Waals surface area (Å²) in [6.07, 6.45) is 13.0. The Morgan fingerprint density at radius 3 is 2.69 bits per heavy atom. The van der Waals surface area contributed by atoms with Crippen LogP contribution in [0.15, 0.2) is 30.9 Å². The lowest BCUT2D eigenvalue weighted by Crippen LogP contribution is -2.77. The third kappa shape index (κ3) is 6.98. The van der Waals surface area contributed by atoms with Gasteiger partial charge >= 0.3 is 0 Å². The van der Waals surface area contributed by atoms with Crippen LogP contribution in [-0.4, -0.2) is 113 Å². The number of rotatable bonds is 7. The molecular weight excluding hydrogens is 656 g/mol. The molecular formula is C38H53ClN6O3S. The number of piperazine rings is 1. The van der Waals surface area contributed by atoms with Gasteiger partial charge in [-0.1, -0.05) is 56.0 Å². The number of nitrogens with one attached hydrogen (secondary N) is 1. The second kappa shape index (κ2) is 15.3. The van der Waals surface area contributed by atoms with Gasteiger partial charge in [0, 0.05) is 48.4 Å². The number of nitriles is 1. The number of likely N-dealkylation sites (N-methyl/N-ethyl adjacent to an activating group) is 1. The fourth-order valence-corrected chi connectivity index (χ4v) is 11.6. The van der Waals surface area contributed by atoms with Crippen molar-refractivity contribution in [3.8, 4) is 6.07 Å². The monoisotopic (exact) mass is 708 g/mol. The lowest BCUT2D eigenvalue weighted by molar-refractivity contribution is -0.213. The first-order valence-corrected chi connectivity index (χ1v) is 20.0. The Kier molecular flexibility index (Phi) is 11.1. The van der Waals surface area contributed by atoms with Gasteiger partial charge in [-0.05, 0) is 81.8 Å². The molecule has 49 heavy (non-hydrogen) atoms. The van der Waals surface area contributed by atoms with Crippen molar-refractivity contribution >= 4 is 35.1 Å². The van der Waals surface area contributed by atoms with Gasteiger partial charge in [0.05, 0.1) is 42.1 Å². The number of ketones is 1. The van der Waals surface area contributed by atoms with Crippen molar-refractivity contribution in [1.29, 1.82) is 5.26 Å². The molecule has 5 fully saturated rings. The van der Waals surface area contributed by atoms with E-state index in [4.69, 9.17) is 16.3 Å². The van der Waals surface area contributed by atoms with E-state index >= 15 is 4.79 Å². The van der Waals surface area contributed by atoms with E-state index < -0.39 is 11.1 Å². The van der Waals surface area contributed by atoms with Gasteiger partial charge in [-0.15, -0.1) is 11.8 Å². The Bertz CT molecular complexity index is 1430. The zero-order valence-corrected chi connectivity index (χ0v) is 30.6. The SMILES string of the molecule is C=CC(=O)N1CCN(C2C3CC[C@@]4(Cc5c(Cl)cccc5CS4)C(=O)C3NC(OCC3CCCN3C)N2C2CCCCCC2)CC1CC#N. The minimum atomic E-state index is -0.518. The first-order chi connectivity index (χ1) is 23.8. The summed E-state index contributed by atoms with van der Waals surface area (Å²) in [5.74, 6) is 1.02. The van der Waals surface area contributed by atoms with E-state index in [0.29, 0.717) is 44.7 Å². The number of amides is 1. The highest BCUT2D eigenvalue weighted by Gasteiger charge is 2.58. The molecule has 3 saturated heterocycles. The molecule has 0 radical (unpaired) electrons. The zero-order valence-electron chi connectivity index (χ0n) is 29.0. The van der Waals surface area contributed by atoms with Gasteiger partial charge in [-0.25, -0.2) is 4.90 Å². The molecule has 2 saturated carbocycles. The van der Waals surface area contributed by atoms with Crippen molar-refractivity contribution in [2.24, 2.45) is 5.92 Å². The molecule has 9 nitrogen and oxygen atoms in total. The van der Waals surface area contributed by atoms with Gasteiger partial charge < -0.3 is 14.5 Å². The maximum Gasteiger partial charge on any atom is 0.246 e. The number of Topliss-reactive ketones (excluding diaryl/α,β-unsaturated/α-hetero) is 1. The second-order valence-corrected chi connectivity index (χ2v) is 17.0. The molecule has 0 aromatic heterocycles. The summed E-state index contributed by atoms with van der Waals surface area (Å²) in [5.41, 5.74) is 2.37. The summed E-state index contributed by atoms with van der Waals surface area (Å²) < 4.78 is 6.48. The normalized spacial score (nSPS) is 35.0. The molecule has 266 valence electrons. The number of fused-ring (bicyclic) bond motifs is 2. The zero-order chi connectivity index (χ0) is 34.1. The predicted molar refractivity (Wildman–Crippen MR) is 194 cm³/mol. The number of halogens is 1. The lowest BCUT2D eigenvalue weighted by Gasteiger charge is -2.60. The van der Waals surface area contributed by atoms with Crippen LogP contribution in [0, 0.1) is 17.2 Å². The van der Waals surface area contributed by atoms with Crippen LogP contribution in [0.2, 0.25) is 5.02 Å². The molecule has 7 atom stereocenters. The molecule has 11 heteroatoms. The Labute approximate surface area is 301 Å². The minimum Gasteiger partial charge on any atom is -0.348 e.